The minimum atomic E-state index is 0.0604. The van der Waals surface area contributed by atoms with Crippen molar-refractivity contribution in [3.05, 3.63) is 84.4 Å². The van der Waals surface area contributed by atoms with E-state index in [-0.39, 0.29) is 12.1 Å². The van der Waals surface area contributed by atoms with Gasteiger partial charge in [0.1, 0.15) is 0 Å². The number of nitrogens with zero attached hydrogens (tertiary/aromatic N) is 3. The molecule has 0 amide bonds. The van der Waals surface area contributed by atoms with E-state index < -0.39 is 0 Å². The lowest BCUT2D eigenvalue weighted by atomic mass is 9.99. The molecule has 0 radical (unpaired) electrons. The van der Waals surface area contributed by atoms with Crippen LogP contribution in [0.15, 0.2) is 73.2 Å². The Bertz CT molecular complexity index is 1010. The molecule has 32 heavy (non-hydrogen) atoms. The second kappa shape index (κ2) is 9.74. The fraction of sp³-hybridized carbons (Fsp3) is 0.385. The lowest BCUT2D eigenvalue weighted by Gasteiger charge is -2.27. The summed E-state index contributed by atoms with van der Waals surface area (Å²) in [6, 6.07) is 19.6. The summed E-state index contributed by atoms with van der Waals surface area (Å²) in [5.74, 6) is 0. The van der Waals surface area contributed by atoms with Gasteiger partial charge in [0.25, 0.3) is 0 Å². The monoisotopic (exact) mass is 445 g/mol. The second-order valence-corrected chi connectivity index (χ2v) is 9.18. The van der Waals surface area contributed by atoms with Gasteiger partial charge in [-0.3, -0.25) is 4.98 Å². The molecule has 166 valence electrons. The number of para-hydroxylation sites is 1. The molecule has 5 rings (SSSR count). The maximum atomic E-state index is 5.81. The van der Waals surface area contributed by atoms with Gasteiger partial charge in [-0.15, -0.1) is 0 Å². The van der Waals surface area contributed by atoms with Crippen LogP contribution >= 0.6 is 12.2 Å². The highest BCUT2D eigenvalue weighted by molar-refractivity contribution is 7.80. The van der Waals surface area contributed by atoms with Gasteiger partial charge in [-0.2, -0.15) is 0 Å². The van der Waals surface area contributed by atoms with Gasteiger partial charge in [0.15, 0.2) is 5.11 Å². The third kappa shape index (κ3) is 4.51. The predicted molar refractivity (Wildman–Crippen MR) is 134 cm³/mol. The number of hydrogen-bond acceptors (Lipinski definition) is 3. The smallest absolute Gasteiger partial charge is 0.170 e. The highest BCUT2D eigenvalue weighted by Gasteiger charge is 2.40. The summed E-state index contributed by atoms with van der Waals surface area (Å²) < 4.78 is 2.42. The van der Waals surface area contributed by atoms with Gasteiger partial charge in [-0.1, -0.05) is 37.1 Å². The number of nitrogens with one attached hydrogen (secondary N) is 2. The van der Waals surface area contributed by atoms with Crippen molar-refractivity contribution in [3.8, 4) is 0 Å². The molecule has 1 aliphatic heterocycles. The van der Waals surface area contributed by atoms with E-state index in [4.69, 9.17) is 12.2 Å². The Morgan fingerprint density at radius 3 is 2.62 bits per heavy atom. The largest absolute Gasteiger partial charge is 0.385 e. The first-order chi connectivity index (χ1) is 15.8. The molecule has 2 fully saturated rings. The average molecular weight is 446 g/mol. The van der Waals surface area contributed by atoms with Crippen LogP contribution in [-0.2, 0) is 0 Å². The highest BCUT2D eigenvalue weighted by atomic mass is 32.1. The summed E-state index contributed by atoms with van der Waals surface area (Å²) in [4.78, 5) is 7.01. The Labute approximate surface area is 195 Å². The van der Waals surface area contributed by atoms with Gasteiger partial charge in [-0.05, 0) is 67.4 Å². The zero-order chi connectivity index (χ0) is 21.8. The van der Waals surface area contributed by atoms with Crippen LogP contribution in [0.3, 0.4) is 0 Å². The maximum absolute atomic E-state index is 5.81. The fourth-order valence-corrected chi connectivity index (χ4v) is 5.41. The minimum absolute atomic E-state index is 0.0604. The summed E-state index contributed by atoms with van der Waals surface area (Å²) in [6.45, 7) is 1.81. The van der Waals surface area contributed by atoms with Gasteiger partial charge in [0, 0.05) is 43.4 Å². The zero-order valence-corrected chi connectivity index (χ0v) is 19.2. The first kappa shape index (κ1) is 21.0. The first-order valence-corrected chi connectivity index (χ1v) is 12.1. The van der Waals surface area contributed by atoms with E-state index in [0.717, 1.165) is 36.0 Å². The van der Waals surface area contributed by atoms with Crippen LogP contribution in [0.1, 0.15) is 61.5 Å². The normalized spacial score (nSPS) is 21.1. The Morgan fingerprint density at radius 1 is 1.03 bits per heavy atom. The number of hydrogen-bond donors (Lipinski definition) is 2. The number of pyridine rings is 1. The molecule has 5 nitrogen and oxygen atoms in total. The number of rotatable bonds is 8. The van der Waals surface area contributed by atoms with E-state index in [9.17, 15) is 0 Å². The standard InChI is InChI=1S/C26H31N5S/c32-26-29-24(23-13-6-7-15-28-23)25(20-14-18-30(19-20)22-11-4-5-12-22)31(26)17-8-16-27-21-9-2-1-3-10-21/h1-3,6-7,9-10,13-15,18-19,22,24-25,27H,4-5,8,11-12,16-17H2,(H,29,32)/t24-,25-/m0/s1. The van der Waals surface area contributed by atoms with E-state index >= 15 is 0 Å². The summed E-state index contributed by atoms with van der Waals surface area (Å²) >= 11 is 5.81. The predicted octanol–water partition coefficient (Wildman–Crippen LogP) is 5.47. The Morgan fingerprint density at radius 2 is 1.84 bits per heavy atom. The van der Waals surface area contributed by atoms with Crippen LogP contribution in [0, 0.1) is 0 Å². The van der Waals surface area contributed by atoms with E-state index in [1.807, 2.05) is 18.3 Å². The molecule has 0 bridgehead atoms. The van der Waals surface area contributed by atoms with Crippen molar-refractivity contribution in [3.63, 3.8) is 0 Å². The van der Waals surface area contributed by atoms with Crippen LogP contribution in [-0.4, -0.2) is 32.7 Å². The number of anilines is 1. The van der Waals surface area contributed by atoms with Gasteiger partial charge in [-0.25, -0.2) is 0 Å². The minimum Gasteiger partial charge on any atom is -0.385 e. The molecule has 2 N–H and O–H groups in total. The van der Waals surface area contributed by atoms with Crippen molar-refractivity contribution < 1.29 is 0 Å². The van der Waals surface area contributed by atoms with Crippen LogP contribution in [0.2, 0.25) is 0 Å². The van der Waals surface area contributed by atoms with Crippen molar-refractivity contribution in [2.45, 2.75) is 50.2 Å². The van der Waals surface area contributed by atoms with E-state index in [1.54, 1.807) is 0 Å². The van der Waals surface area contributed by atoms with Crippen LogP contribution in [0.5, 0.6) is 0 Å². The molecule has 2 atom stereocenters. The Balaban J connectivity index is 1.34. The van der Waals surface area contributed by atoms with Crippen molar-refractivity contribution in [2.75, 3.05) is 18.4 Å². The summed E-state index contributed by atoms with van der Waals surface area (Å²) in [5.41, 5.74) is 3.51. The SMILES string of the molecule is S=C1N[C@@H](c2ccccn2)[C@H](c2ccn(C3CCCC3)c2)N1CCCNc1ccccc1. The van der Waals surface area contributed by atoms with Gasteiger partial charge in [0.2, 0.25) is 0 Å². The van der Waals surface area contributed by atoms with Crippen LogP contribution in [0.4, 0.5) is 5.69 Å². The quantitative estimate of drug-likeness (QED) is 0.355. The molecule has 1 saturated heterocycles. The van der Waals surface area contributed by atoms with Crippen LogP contribution < -0.4 is 10.6 Å². The van der Waals surface area contributed by atoms with Gasteiger partial charge in [0.05, 0.1) is 17.8 Å². The molecular weight excluding hydrogens is 414 g/mol. The summed E-state index contributed by atoms with van der Waals surface area (Å²) in [6.07, 6.45) is 12.7. The number of benzene rings is 1. The topological polar surface area (TPSA) is 45.1 Å². The van der Waals surface area contributed by atoms with Gasteiger partial charge >= 0.3 is 0 Å². The molecule has 1 aliphatic carbocycles. The third-order valence-electron chi connectivity index (χ3n) is 6.70. The third-order valence-corrected chi connectivity index (χ3v) is 7.05. The molecule has 0 spiro atoms. The lowest BCUT2D eigenvalue weighted by Crippen LogP contribution is -2.31. The number of aromatic nitrogens is 2. The van der Waals surface area contributed by atoms with Crippen molar-refractivity contribution >= 4 is 23.0 Å². The average Bonchev–Trinajstić information content (AvgIpc) is 3.58. The second-order valence-electron chi connectivity index (χ2n) is 8.80. The van der Waals surface area contributed by atoms with E-state index in [0.29, 0.717) is 6.04 Å². The van der Waals surface area contributed by atoms with Gasteiger partial charge < -0.3 is 20.1 Å². The van der Waals surface area contributed by atoms with Crippen molar-refractivity contribution in [1.82, 2.24) is 19.8 Å². The summed E-state index contributed by atoms with van der Waals surface area (Å²) in [5, 5.41) is 7.91. The molecular formula is C26H31N5S. The molecule has 6 heteroatoms. The molecule has 1 saturated carbocycles. The Hall–Kier alpha value is -2.86. The molecule has 0 unspecified atom stereocenters. The molecule has 2 aromatic heterocycles. The first-order valence-electron chi connectivity index (χ1n) is 11.7. The number of thiocarbonyl (C=S) groups is 1. The fourth-order valence-electron chi connectivity index (χ4n) is 5.08. The molecule has 3 heterocycles. The summed E-state index contributed by atoms with van der Waals surface area (Å²) in [7, 11) is 0. The van der Waals surface area contributed by atoms with E-state index in [2.05, 4.69) is 79.9 Å². The molecule has 3 aromatic rings. The Kier molecular flexibility index (Phi) is 6.39. The molecule has 1 aromatic carbocycles. The lowest BCUT2D eigenvalue weighted by molar-refractivity contribution is 0.315. The van der Waals surface area contributed by atoms with Crippen molar-refractivity contribution in [1.29, 1.82) is 0 Å². The molecule has 2 aliphatic rings. The highest BCUT2D eigenvalue weighted by Crippen LogP contribution is 2.40. The van der Waals surface area contributed by atoms with E-state index in [1.165, 1.54) is 31.2 Å². The van der Waals surface area contributed by atoms with Crippen molar-refractivity contribution in [2.24, 2.45) is 0 Å². The van der Waals surface area contributed by atoms with Crippen LogP contribution in [0.25, 0.3) is 0 Å². The zero-order valence-electron chi connectivity index (χ0n) is 18.4. The maximum Gasteiger partial charge on any atom is 0.170 e.